The number of carbonyl (C=O) groups is 1. The molecule has 0 aliphatic carbocycles. The van der Waals surface area contributed by atoms with E-state index in [-0.39, 0.29) is 24.2 Å². The molecule has 3 atom stereocenters. The van der Waals surface area contributed by atoms with Gasteiger partial charge in [-0.1, -0.05) is 35.5 Å². The Morgan fingerprint density at radius 1 is 1.31 bits per heavy atom. The number of hydrogen-bond donors (Lipinski definition) is 1. The largest absolute Gasteiger partial charge is 0.392 e. The number of oxime groups is 1. The van der Waals surface area contributed by atoms with Crippen molar-refractivity contribution in [1.82, 2.24) is 15.3 Å². The van der Waals surface area contributed by atoms with E-state index >= 15 is 0 Å². The molecular weight excluding hydrogens is 332 g/mol. The first-order valence-corrected chi connectivity index (χ1v) is 9.40. The van der Waals surface area contributed by atoms with Gasteiger partial charge >= 0.3 is 6.03 Å². The van der Waals surface area contributed by atoms with Gasteiger partial charge in [0, 0.05) is 13.0 Å². The van der Waals surface area contributed by atoms with Gasteiger partial charge in [0.1, 0.15) is 12.7 Å². The lowest BCUT2D eigenvalue weighted by Crippen LogP contribution is -2.45. The third kappa shape index (κ3) is 3.41. The second kappa shape index (κ2) is 7.63. The van der Waals surface area contributed by atoms with Crippen molar-refractivity contribution in [1.29, 1.82) is 0 Å². The molecule has 4 rings (SSSR count). The van der Waals surface area contributed by atoms with E-state index in [4.69, 9.17) is 9.68 Å². The zero-order chi connectivity index (χ0) is 17.9. The van der Waals surface area contributed by atoms with Gasteiger partial charge in [-0.25, -0.2) is 4.79 Å². The Morgan fingerprint density at radius 2 is 2.15 bits per heavy atom. The fourth-order valence-corrected chi connectivity index (χ4v) is 3.97. The maximum atomic E-state index is 12.8. The van der Waals surface area contributed by atoms with Crippen LogP contribution in [0.1, 0.15) is 31.2 Å². The summed E-state index contributed by atoms with van der Waals surface area (Å²) in [6.07, 6.45) is 3.72. The molecule has 2 fully saturated rings. The lowest BCUT2D eigenvalue weighted by molar-refractivity contribution is -0.140. The normalized spacial score (nSPS) is 27.7. The van der Waals surface area contributed by atoms with Crippen molar-refractivity contribution in [2.75, 3.05) is 20.1 Å². The van der Waals surface area contributed by atoms with Gasteiger partial charge in [0.25, 0.3) is 0 Å². The first-order valence-electron chi connectivity index (χ1n) is 9.40. The zero-order valence-electron chi connectivity index (χ0n) is 15.1. The molecule has 1 aromatic carbocycles. The Labute approximate surface area is 153 Å². The molecular formula is C19H26N4O3. The molecule has 0 radical (unpaired) electrons. The summed E-state index contributed by atoms with van der Waals surface area (Å²) >= 11 is 0. The van der Waals surface area contributed by atoms with Gasteiger partial charge in [0.15, 0.2) is 0 Å². The Bertz CT molecular complexity index is 666. The molecule has 2 amide bonds. The average molecular weight is 358 g/mol. The highest BCUT2D eigenvalue weighted by molar-refractivity contribution is 5.94. The van der Waals surface area contributed by atoms with E-state index in [9.17, 15) is 4.79 Å². The van der Waals surface area contributed by atoms with Gasteiger partial charge < -0.3 is 15.1 Å². The van der Waals surface area contributed by atoms with E-state index in [1.165, 1.54) is 0 Å². The third-order valence-electron chi connectivity index (χ3n) is 5.39. The number of hydrogen-bond acceptors (Lipinski definition) is 5. The van der Waals surface area contributed by atoms with Crippen molar-refractivity contribution < 1.29 is 14.5 Å². The molecule has 1 N–H and O–H groups in total. The van der Waals surface area contributed by atoms with E-state index in [1.54, 1.807) is 5.06 Å². The van der Waals surface area contributed by atoms with E-state index < -0.39 is 0 Å². The molecule has 3 heterocycles. The highest BCUT2D eigenvalue weighted by Crippen LogP contribution is 2.33. The van der Waals surface area contributed by atoms with Gasteiger partial charge in [-0.15, -0.1) is 0 Å². The molecule has 2 saturated heterocycles. The Balaban J connectivity index is 1.36. The van der Waals surface area contributed by atoms with Crippen molar-refractivity contribution in [3.05, 3.63) is 35.9 Å². The molecule has 1 unspecified atom stereocenters. The number of nitrogens with one attached hydrogen (secondary N) is 1. The minimum atomic E-state index is -0.0465. The standard InChI is InChI=1S/C19H26N4O3/c1-20-10-9-16-11-17(21-26-16)18-8-7-15-12-22(18)19(24)23(15)25-13-14-5-3-2-4-6-14/h2-6,15-16,18,20H,7-13H2,1H3/t15-,16?,18+/m1/s1. The minimum Gasteiger partial charge on any atom is -0.392 e. The number of hydroxylamine groups is 2. The topological polar surface area (TPSA) is 66.4 Å². The number of benzene rings is 1. The van der Waals surface area contributed by atoms with Crippen molar-refractivity contribution in [3.8, 4) is 0 Å². The molecule has 0 spiro atoms. The van der Waals surface area contributed by atoms with Gasteiger partial charge in [0.2, 0.25) is 0 Å². The molecule has 7 heteroatoms. The van der Waals surface area contributed by atoms with Gasteiger partial charge in [-0.3, -0.25) is 4.84 Å². The van der Waals surface area contributed by atoms with Crippen LogP contribution in [0.5, 0.6) is 0 Å². The van der Waals surface area contributed by atoms with Gasteiger partial charge in [-0.05, 0) is 38.4 Å². The zero-order valence-corrected chi connectivity index (χ0v) is 15.1. The van der Waals surface area contributed by atoms with Crippen LogP contribution in [0, 0.1) is 0 Å². The van der Waals surface area contributed by atoms with Crippen LogP contribution in [0.3, 0.4) is 0 Å². The summed E-state index contributed by atoms with van der Waals surface area (Å²) in [5.41, 5.74) is 2.07. The van der Waals surface area contributed by atoms with Crippen LogP contribution in [0.2, 0.25) is 0 Å². The number of amides is 2. The summed E-state index contributed by atoms with van der Waals surface area (Å²) < 4.78 is 0. The lowest BCUT2D eigenvalue weighted by Gasteiger charge is -2.29. The highest BCUT2D eigenvalue weighted by atomic mass is 16.7. The summed E-state index contributed by atoms with van der Waals surface area (Å²) in [4.78, 5) is 26.2. The summed E-state index contributed by atoms with van der Waals surface area (Å²) in [7, 11) is 1.94. The van der Waals surface area contributed by atoms with Crippen molar-refractivity contribution in [2.45, 2.75) is 50.5 Å². The summed E-state index contributed by atoms with van der Waals surface area (Å²) in [6, 6.07) is 10.1. The first-order chi connectivity index (χ1) is 12.8. The van der Waals surface area contributed by atoms with Crippen LogP contribution >= 0.6 is 0 Å². The van der Waals surface area contributed by atoms with E-state index in [1.807, 2.05) is 42.3 Å². The smallest absolute Gasteiger partial charge is 0.344 e. The van der Waals surface area contributed by atoms with E-state index in [2.05, 4.69) is 10.5 Å². The van der Waals surface area contributed by atoms with Crippen molar-refractivity contribution in [2.24, 2.45) is 5.16 Å². The molecule has 0 aromatic heterocycles. The number of carbonyl (C=O) groups excluding carboxylic acids is 1. The summed E-state index contributed by atoms with van der Waals surface area (Å²) in [5.74, 6) is 0. The summed E-state index contributed by atoms with van der Waals surface area (Å²) in [6.45, 7) is 2.03. The quantitative estimate of drug-likeness (QED) is 0.811. The maximum absolute atomic E-state index is 12.8. The predicted molar refractivity (Wildman–Crippen MR) is 97.5 cm³/mol. The van der Waals surface area contributed by atoms with Crippen LogP contribution in [0.25, 0.3) is 0 Å². The molecule has 2 bridgehead atoms. The van der Waals surface area contributed by atoms with Crippen LogP contribution in [-0.2, 0) is 16.3 Å². The maximum Gasteiger partial charge on any atom is 0.344 e. The number of nitrogens with zero attached hydrogens (tertiary/aromatic N) is 3. The number of rotatable bonds is 7. The molecule has 0 saturated carbocycles. The number of fused-ring (bicyclic) bond motifs is 2. The van der Waals surface area contributed by atoms with Crippen LogP contribution < -0.4 is 5.32 Å². The van der Waals surface area contributed by atoms with Crippen LogP contribution in [-0.4, -0.2) is 60.0 Å². The van der Waals surface area contributed by atoms with Crippen molar-refractivity contribution >= 4 is 11.7 Å². The van der Waals surface area contributed by atoms with Gasteiger partial charge in [0.05, 0.1) is 17.8 Å². The molecule has 1 aromatic rings. The van der Waals surface area contributed by atoms with E-state index in [0.29, 0.717) is 13.2 Å². The number of piperidine rings is 1. The predicted octanol–water partition coefficient (Wildman–Crippen LogP) is 2.14. The Morgan fingerprint density at radius 3 is 2.96 bits per heavy atom. The number of urea groups is 1. The third-order valence-corrected chi connectivity index (χ3v) is 5.39. The second-order valence-corrected chi connectivity index (χ2v) is 7.17. The second-order valence-electron chi connectivity index (χ2n) is 7.17. The van der Waals surface area contributed by atoms with Crippen molar-refractivity contribution in [3.63, 3.8) is 0 Å². The monoisotopic (exact) mass is 358 g/mol. The van der Waals surface area contributed by atoms with Gasteiger partial charge in [-0.2, -0.15) is 5.06 Å². The van der Waals surface area contributed by atoms with Crippen LogP contribution in [0.4, 0.5) is 4.79 Å². The minimum absolute atomic E-state index is 0.0451. The Hall–Kier alpha value is -2.12. The molecule has 26 heavy (non-hydrogen) atoms. The molecule has 7 nitrogen and oxygen atoms in total. The molecule has 140 valence electrons. The summed E-state index contributed by atoms with van der Waals surface area (Å²) in [5, 5.41) is 9.01. The van der Waals surface area contributed by atoms with E-state index in [0.717, 1.165) is 43.5 Å². The first kappa shape index (κ1) is 17.3. The SMILES string of the molecule is CNCCC1CC([C@@H]2CC[C@@H]3CN2C(=O)N3OCc2ccccc2)=NO1. The fraction of sp³-hybridized carbons (Fsp3) is 0.579. The average Bonchev–Trinajstić information content (AvgIpc) is 3.24. The highest BCUT2D eigenvalue weighted by Gasteiger charge is 2.48. The Kier molecular flexibility index (Phi) is 5.08. The molecule has 3 aliphatic rings. The molecule has 3 aliphatic heterocycles. The lowest BCUT2D eigenvalue weighted by atomic mass is 9.94. The van der Waals surface area contributed by atoms with Crippen LogP contribution in [0.15, 0.2) is 35.5 Å². The fourth-order valence-electron chi connectivity index (χ4n) is 3.97.